The Kier molecular flexibility index (Phi) is 31.0. The molecule has 0 aromatic rings. The molecule has 33 heavy (non-hydrogen) atoms. The maximum Gasteiger partial charge on any atom is 0.0591 e. The van der Waals surface area contributed by atoms with Gasteiger partial charge in [-0.1, -0.05) is 117 Å². The van der Waals surface area contributed by atoms with Gasteiger partial charge in [-0.2, -0.15) is 0 Å². The Morgan fingerprint density at radius 3 is 1.97 bits per heavy atom. The Labute approximate surface area is 210 Å². The zero-order chi connectivity index (χ0) is 26.0. The summed E-state index contributed by atoms with van der Waals surface area (Å²) in [6, 6.07) is 0. The minimum atomic E-state index is -0.522. The Morgan fingerprint density at radius 2 is 1.42 bits per heavy atom. The van der Waals surface area contributed by atoms with Crippen molar-refractivity contribution in [3.05, 3.63) is 23.8 Å². The predicted octanol–water partition coefficient (Wildman–Crippen LogP) is 10.0. The molecule has 0 heterocycles. The van der Waals surface area contributed by atoms with E-state index in [0.29, 0.717) is 0 Å². The zero-order valence-corrected chi connectivity index (χ0v) is 24.4. The molecular weight excluding hydrogens is 404 g/mol. The average molecular weight is 469 g/mol. The van der Waals surface area contributed by atoms with Gasteiger partial charge in [-0.15, -0.1) is 0 Å². The molecule has 0 aromatic heterocycles. The van der Waals surface area contributed by atoms with Gasteiger partial charge in [0.1, 0.15) is 0 Å². The molecule has 2 N–H and O–H groups in total. The number of rotatable bonds is 19. The highest BCUT2D eigenvalue weighted by molar-refractivity contribution is 5.12. The molecule has 0 spiro atoms. The van der Waals surface area contributed by atoms with E-state index >= 15 is 0 Å². The van der Waals surface area contributed by atoms with Crippen LogP contribution in [0.1, 0.15) is 152 Å². The van der Waals surface area contributed by atoms with Crippen molar-refractivity contribution in [2.75, 3.05) is 6.61 Å². The van der Waals surface area contributed by atoms with E-state index in [4.69, 9.17) is 5.11 Å². The summed E-state index contributed by atoms with van der Waals surface area (Å²) >= 11 is 0. The van der Waals surface area contributed by atoms with Gasteiger partial charge in [-0.3, -0.25) is 0 Å². The molecule has 2 atom stereocenters. The standard InChI is InChI=1S/C27H52O2.2C2H6/c1-6-8-10-17-25(18-11-9-14-23-28)19-15-21-26(24(3)16-7-2)20-12-13-22-27(4,5)29;2*1-2/h9,11,18,24,26,28-29H,6-8,10,12-17,19-23H2,1-5H3;2*1-2H3/b11-9+,25-18+;;. The number of aliphatic hydroxyl groups is 2. The van der Waals surface area contributed by atoms with Crippen LogP contribution in [0.2, 0.25) is 0 Å². The van der Waals surface area contributed by atoms with Crippen LogP contribution in [0.4, 0.5) is 0 Å². The van der Waals surface area contributed by atoms with E-state index in [1.54, 1.807) is 5.57 Å². The molecule has 2 nitrogen and oxygen atoms in total. The van der Waals surface area contributed by atoms with Gasteiger partial charge in [0.25, 0.3) is 0 Å². The minimum absolute atomic E-state index is 0.236. The van der Waals surface area contributed by atoms with Crippen LogP contribution in [0.25, 0.3) is 0 Å². The fourth-order valence-corrected chi connectivity index (χ4v) is 4.23. The van der Waals surface area contributed by atoms with Crippen LogP contribution in [0, 0.1) is 11.8 Å². The van der Waals surface area contributed by atoms with Crippen molar-refractivity contribution in [2.24, 2.45) is 11.8 Å². The monoisotopic (exact) mass is 468 g/mol. The van der Waals surface area contributed by atoms with E-state index in [1.165, 1.54) is 70.6 Å². The zero-order valence-electron chi connectivity index (χ0n) is 24.4. The second kappa shape index (κ2) is 27.6. The van der Waals surface area contributed by atoms with E-state index in [-0.39, 0.29) is 6.61 Å². The molecule has 0 bridgehead atoms. The highest BCUT2D eigenvalue weighted by Gasteiger charge is 2.18. The number of aliphatic hydroxyl groups excluding tert-OH is 1. The largest absolute Gasteiger partial charge is 0.396 e. The van der Waals surface area contributed by atoms with Crippen LogP contribution < -0.4 is 0 Å². The summed E-state index contributed by atoms with van der Waals surface area (Å²) in [6.45, 7) is 19.1. The van der Waals surface area contributed by atoms with Gasteiger partial charge in [-0.05, 0) is 70.6 Å². The summed E-state index contributed by atoms with van der Waals surface area (Å²) in [4.78, 5) is 0. The maximum absolute atomic E-state index is 9.95. The van der Waals surface area contributed by atoms with Gasteiger partial charge in [-0.25, -0.2) is 0 Å². The quantitative estimate of drug-likeness (QED) is 0.146. The third kappa shape index (κ3) is 27.5. The fourth-order valence-electron chi connectivity index (χ4n) is 4.23. The third-order valence-electron chi connectivity index (χ3n) is 6.10. The van der Waals surface area contributed by atoms with E-state index < -0.39 is 5.60 Å². The van der Waals surface area contributed by atoms with Gasteiger partial charge in [0, 0.05) is 6.61 Å². The summed E-state index contributed by atoms with van der Waals surface area (Å²) < 4.78 is 0. The van der Waals surface area contributed by atoms with Crippen molar-refractivity contribution < 1.29 is 10.2 Å². The Balaban J connectivity index is -0.00000212. The third-order valence-corrected chi connectivity index (χ3v) is 6.10. The smallest absolute Gasteiger partial charge is 0.0591 e. The van der Waals surface area contributed by atoms with Crippen molar-refractivity contribution in [1.82, 2.24) is 0 Å². The van der Waals surface area contributed by atoms with Crippen LogP contribution in [0.3, 0.4) is 0 Å². The van der Waals surface area contributed by atoms with Crippen LogP contribution in [-0.2, 0) is 0 Å². The van der Waals surface area contributed by atoms with Gasteiger partial charge in [0.15, 0.2) is 0 Å². The lowest BCUT2D eigenvalue weighted by Crippen LogP contribution is -2.18. The number of hydrogen-bond donors (Lipinski definition) is 2. The molecule has 200 valence electrons. The first-order chi connectivity index (χ1) is 15.8. The molecule has 0 aromatic carbocycles. The van der Waals surface area contributed by atoms with E-state index in [9.17, 15) is 5.11 Å². The van der Waals surface area contributed by atoms with Gasteiger partial charge in [0.2, 0.25) is 0 Å². The van der Waals surface area contributed by atoms with E-state index in [1.807, 2.05) is 41.5 Å². The van der Waals surface area contributed by atoms with E-state index in [0.717, 1.165) is 31.1 Å². The van der Waals surface area contributed by atoms with Crippen molar-refractivity contribution >= 4 is 0 Å². The molecule has 0 fully saturated rings. The molecule has 0 saturated carbocycles. The summed E-state index contributed by atoms with van der Waals surface area (Å²) in [5.41, 5.74) is 1.06. The molecule has 0 radical (unpaired) electrons. The highest BCUT2D eigenvalue weighted by Crippen LogP contribution is 2.30. The molecule has 0 aliphatic heterocycles. The number of unbranched alkanes of at least 4 members (excludes halogenated alkanes) is 3. The summed E-state index contributed by atoms with van der Waals surface area (Å²) in [7, 11) is 0. The summed E-state index contributed by atoms with van der Waals surface area (Å²) in [6.07, 6.45) is 23.4. The molecule has 0 saturated heterocycles. The van der Waals surface area contributed by atoms with Crippen molar-refractivity contribution in [3.8, 4) is 0 Å². The summed E-state index contributed by atoms with van der Waals surface area (Å²) in [5, 5.41) is 18.9. The van der Waals surface area contributed by atoms with Crippen LogP contribution >= 0.6 is 0 Å². The Bertz CT molecular complexity index is 417. The van der Waals surface area contributed by atoms with Crippen molar-refractivity contribution in [2.45, 2.75) is 158 Å². The first-order valence-electron chi connectivity index (χ1n) is 14.5. The number of hydrogen-bond acceptors (Lipinski definition) is 2. The topological polar surface area (TPSA) is 40.5 Å². The molecule has 0 aliphatic rings. The van der Waals surface area contributed by atoms with Crippen LogP contribution in [0.15, 0.2) is 23.8 Å². The second-order valence-electron chi connectivity index (χ2n) is 9.70. The Morgan fingerprint density at radius 1 is 0.818 bits per heavy atom. The molecule has 0 rings (SSSR count). The van der Waals surface area contributed by atoms with E-state index in [2.05, 4.69) is 39.0 Å². The van der Waals surface area contributed by atoms with Crippen molar-refractivity contribution in [3.63, 3.8) is 0 Å². The molecule has 2 heteroatoms. The Hall–Kier alpha value is -0.600. The SMILES string of the molecule is CC.CC.CCCCC/C(=C\C=C\CCO)CCCC(CCCCC(C)(C)O)C(C)CCC. The molecular formula is C31H64O2. The lowest BCUT2D eigenvalue weighted by molar-refractivity contribution is 0.0673. The average Bonchev–Trinajstić information content (AvgIpc) is 2.80. The number of allylic oxidation sites excluding steroid dienone is 3. The van der Waals surface area contributed by atoms with Gasteiger partial charge >= 0.3 is 0 Å². The second-order valence-corrected chi connectivity index (χ2v) is 9.70. The first-order valence-corrected chi connectivity index (χ1v) is 14.5. The minimum Gasteiger partial charge on any atom is -0.396 e. The lowest BCUT2D eigenvalue weighted by atomic mass is 9.81. The fraction of sp³-hybridized carbons (Fsp3) is 0.871. The summed E-state index contributed by atoms with van der Waals surface area (Å²) in [5.74, 6) is 1.62. The van der Waals surface area contributed by atoms with Gasteiger partial charge < -0.3 is 10.2 Å². The maximum atomic E-state index is 9.95. The predicted molar refractivity (Wildman–Crippen MR) is 152 cm³/mol. The van der Waals surface area contributed by atoms with Gasteiger partial charge in [0.05, 0.1) is 5.60 Å². The normalized spacial score (nSPS) is 13.7. The lowest BCUT2D eigenvalue weighted by Gasteiger charge is -2.25. The van der Waals surface area contributed by atoms with Crippen LogP contribution in [-0.4, -0.2) is 22.4 Å². The molecule has 0 aliphatic carbocycles. The molecule has 0 amide bonds. The highest BCUT2D eigenvalue weighted by atomic mass is 16.3. The van der Waals surface area contributed by atoms with Crippen molar-refractivity contribution in [1.29, 1.82) is 0 Å². The van der Waals surface area contributed by atoms with Crippen LogP contribution in [0.5, 0.6) is 0 Å². The molecule has 2 unspecified atom stereocenters. The first kappa shape index (κ1) is 37.0.